The molecule has 8 heteroatoms. The van der Waals surface area contributed by atoms with Gasteiger partial charge < -0.3 is 25.1 Å². The van der Waals surface area contributed by atoms with Gasteiger partial charge in [0.15, 0.2) is 11.6 Å². The van der Waals surface area contributed by atoms with Crippen molar-refractivity contribution in [1.82, 2.24) is 9.55 Å². The molecule has 1 aliphatic heterocycles. The second kappa shape index (κ2) is 9.74. The van der Waals surface area contributed by atoms with Crippen LogP contribution in [0, 0.1) is 0 Å². The van der Waals surface area contributed by atoms with Gasteiger partial charge in [-0.15, -0.1) is 0 Å². The highest BCUT2D eigenvalue weighted by Gasteiger charge is 2.37. The normalized spacial score (nSPS) is 23.2. The molecule has 1 aromatic heterocycles. The third kappa shape index (κ3) is 5.42. The summed E-state index contributed by atoms with van der Waals surface area (Å²) in [4.78, 5) is 15.7. The summed E-state index contributed by atoms with van der Waals surface area (Å²) in [6.45, 7) is 5.94. The fourth-order valence-corrected chi connectivity index (χ4v) is 2.70. The number of anilines is 1. The molecule has 0 spiro atoms. The van der Waals surface area contributed by atoms with E-state index in [4.69, 9.17) is 19.9 Å². The van der Waals surface area contributed by atoms with Crippen molar-refractivity contribution < 1.29 is 19.3 Å². The van der Waals surface area contributed by atoms with Gasteiger partial charge in [-0.1, -0.05) is 26.7 Å². The van der Waals surface area contributed by atoms with Crippen LogP contribution in [0.1, 0.15) is 52.2 Å². The van der Waals surface area contributed by atoms with Gasteiger partial charge in [-0.25, -0.2) is 4.79 Å². The molecule has 0 amide bonds. The number of nitrogen functional groups attached to an aromatic ring is 1. The summed E-state index contributed by atoms with van der Waals surface area (Å²) >= 11 is 0. The van der Waals surface area contributed by atoms with E-state index in [2.05, 4.69) is 18.8 Å². The molecule has 0 saturated carbocycles. The minimum atomic E-state index is -0.557. The number of unbranched alkanes of at least 4 members (excludes halogenated alkanes) is 2. The Labute approximate surface area is 147 Å². The third-order valence-electron chi connectivity index (χ3n) is 4.21. The lowest BCUT2D eigenvalue weighted by Crippen LogP contribution is -2.30. The molecular formula is C17H29N3O5. The number of rotatable bonds is 10. The zero-order valence-electron chi connectivity index (χ0n) is 15.0. The first-order valence-electron chi connectivity index (χ1n) is 8.99. The molecule has 8 nitrogen and oxygen atoms in total. The van der Waals surface area contributed by atoms with Crippen LogP contribution in [0.3, 0.4) is 0 Å². The summed E-state index contributed by atoms with van der Waals surface area (Å²) in [6.07, 6.45) is 4.85. The van der Waals surface area contributed by atoms with Crippen molar-refractivity contribution in [3.8, 4) is 5.75 Å². The number of hydrogen-bond donors (Lipinski definition) is 2. The lowest BCUT2D eigenvalue weighted by molar-refractivity contribution is -0.0778. The average Bonchev–Trinajstić information content (AvgIpc) is 2.98. The average molecular weight is 355 g/mol. The van der Waals surface area contributed by atoms with Crippen LogP contribution in [0.25, 0.3) is 0 Å². The van der Waals surface area contributed by atoms with E-state index in [9.17, 15) is 9.90 Å². The van der Waals surface area contributed by atoms with Crippen molar-refractivity contribution in [2.24, 2.45) is 0 Å². The number of nitrogens with zero attached hydrogens (tertiary/aromatic N) is 2. The zero-order chi connectivity index (χ0) is 18.2. The number of aromatic hydroxyl groups is 1. The summed E-state index contributed by atoms with van der Waals surface area (Å²) in [5, 5.41) is 9.73. The molecule has 0 unspecified atom stereocenters. The Morgan fingerprint density at radius 3 is 2.80 bits per heavy atom. The van der Waals surface area contributed by atoms with E-state index in [-0.39, 0.29) is 23.8 Å². The Bertz CT molecular complexity index is 592. The lowest BCUT2D eigenvalue weighted by atomic mass is 10.2. The highest BCUT2D eigenvalue weighted by molar-refractivity contribution is 5.41. The van der Waals surface area contributed by atoms with E-state index in [1.165, 1.54) is 10.8 Å². The second-order valence-electron chi connectivity index (χ2n) is 6.26. The smallest absolute Gasteiger partial charge is 0.351 e. The molecule has 2 heterocycles. The molecule has 3 N–H and O–H groups in total. The van der Waals surface area contributed by atoms with Crippen LogP contribution in [-0.4, -0.2) is 46.7 Å². The maximum Gasteiger partial charge on any atom is 0.351 e. The first-order chi connectivity index (χ1) is 12.1. The van der Waals surface area contributed by atoms with Gasteiger partial charge in [-0.3, -0.25) is 4.57 Å². The maximum absolute atomic E-state index is 12.1. The molecule has 3 atom stereocenters. The fraction of sp³-hybridized carbons (Fsp3) is 0.765. The summed E-state index contributed by atoms with van der Waals surface area (Å²) in [7, 11) is 0. The van der Waals surface area contributed by atoms with Crippen molar-refractivity contribution in [2.45, 2.75) is 64.4 Å². The van der Waals surface area contributed by atoms with Crippen LogP contribution in [0.5, 0.6) is 5.75 Å². The van der Waals surface area contributed by atoms with E-state index < -0.39 is 11.9 Å². The van der Waals surface area contributed by atoms with Crippen LogP contribution >= 0.6 is 0 Å². The Hall–Kier alpha value is -1.64. The molecule has 2 rings (SSSR count). The summed E-state index contributed by atoms with van der Waals surface area (Å²) < 4.78 is 18.8. The minimum Gasteiger partial charge on any atom is -0.503 e. The Morgan fingerprint density at radius 2 is 2.08 bits per heavy atom. The molecule has 25 heavy (non-hydrogen) atoms. The standard InChI is InChI=1S/C17H29N3O5/c1-3-5-7-23-11-14-13(24-8-6-4-2)9-15(25-14)20-10-12(21)16(18)19-17(20)22/h10,13-15,21H,3-9,11H2,1-2H3,(H2,18,19,22)/t13-,14+,15+/m0/s1. The van der Waals surface area contributed by atoms with E-state index in [0.29, 0.717) is 26.2 Å². The molecular weight excluding hydrogens is 326 g/mol. The van der Waals surface area contributed by atoms with E-state index in [1.54, 1.807) is 0 Å². The highest BCUT2D eigenvalue weighted by Crippen LogP contribution is 2.31. The van der Waals surface area contributed by atoms with Crippen LogP contribution in [0.4, 0.5) is 5.82 Å². The summed E-state index contributed by atoms with van der Waals surface area (Å²) in [5.74, 6) is -0.427. The molecule has 142 valence electrons. The number of aromatic nitrogens is 2. The topological polar surface area (TPSA) is 109 Å². The predicted octanol–water partition coefficient (Wildman–Crippen LogP) is 1.82. The predicted molar refractivity (Wildman–Crippen MR) is 93.5 cm³/mol. The molecule has 0 bridgehead atoms. The van der Waals surface area contributed by atoms with Crippen molar-refractivity contribution in [1.29, 1.82) is 0 Å². The van der Waals surface area contributed by atoms with Crippen molar-refractivity contribution in [3.05, 3.63) is 16.7 Å². The van der Waals surface area contributed by atoms with Gasteiger partial charge in [-0.2, -0.15) is 4.98 Å². The number of ether oxygens (including phenoxy) is 3. The Kier molecular flexibility index (Phi) is 7.67. The van der Waals surface area contributed by atoms with Crippen LogP contribution in [0.15, 0.2) is 11.0 Å². The second-order valence-corrected chi connectivity index (χ2v) is 6.26. The SMILES string of the molecule is CCCCOC[C@H]1O[C@@H](n2cc(O)c(N)nc2=O)C[C@@H]1OCCCC. The van der Waals surface area contributed by atoms with Crippen LogP contribution in [0.2, 0.25) is 0 Å². The molecule has 0 radical (unpaired) electrons. The summed E-state index contributed by atoms with van der Waals surface area (Å²) in [5.41, 5.74) is 4.90. The Balaban J connectivity index is 2.05. The first-order valence-corrected chi connectivity index (χ1v) is 8.99. The van der Waals surface area contributed by atoms with Crippen LogP contribution in [-0.2, 0) is 14.2 Å². The monoisotopic (exact) mass is 355 g/mol. The number of hydrogen-bond acceptors (Lipinski definition) is 7. The molecule has 1 fully saturated rings. The lowest BCUT2D eigenvalue weighted by Gasteiger charge is -2.19. The quantitative estimate of drug-likeness (QED) is 0.616. The molecule has 0 aliphatic carbocycles. The zero-order valence-corrected chi connectivity index (χ0v) is 15.0. The van der Waals surface area contributed by atoms with Gasteiger partial charge in [0, 0.05) is 19.6 Å². The minimum absolute atomic E-state index is 0.162. The fourth-order valence-electron chi connectivity index (χ4n) is 2.70. The number of nitrogens with two attached hydrogens (primary N) is 1. The Morgan fingerprint density at radius 1 is 1.36 bits per heavy atom. The van der Waals surface area contributed by atoms with Gasteiger partial charge in [0.25, 0.3) is 0 Å². The van der Waals surface area contributed by atoms with Gasteiger partial charge in [0.1, 0.15) is 12.3 Å². The molecule has 1 aliphatic rings. The van der Waals surface area contributed by atoms with E-state index >= 15 is 0 Å². The highest BCUT2D eigenvalue weighted by atomic mass is 16.6. The van der Waals surface area contributed by atoms with Crippen molar-refractivity contribution in [3.63, 3.8) is 0 Å². The van der Waals surface area contributed by atoms with E-state index in [1.807, 2.05) is 0 Å². The van der Waals surface area contributed by atoms with Gasteiger partial charge in [0.05, 0.1) is 18.9 Å². The van der Waals surface area contributed by atoms with Gasteiger partial charge >= 0.3 is 5.69 Å². The van der Waals surface area contributed by atoms with Crippen molar-refractivity contribution >= 4 is 5.82 Å². The van der Waals surface area contributed by atoms with Gasteiger partial charge in [0.2, 0.25) is 0 Å². The van der Waals surface area contributed by atoms with Crippen LogP contribution < -0.4 is 11.4 Å². The van der Waals surface area contributed by atoms with Crippen molar-refractivity contribution in [2.75, 3.05) is 25.6 Å². The molecule has 0 aromatic carbocycles. The maximum atomic E-state index is 12.1. The van der Waals surface area contributed by atoms with Gasteiger partial charge in [-0.05, 0) is 12.8 Å². The molecule has 1 saturated heterocycles. The molecule has 1 aromatic rings. The largest absolute Gasteiger partial charge is 0.503 e. The third-order valence-corrected chi connectivity index (χ3v) is 4.21. The van der Waals surface area contributed by atoms with E-state index in [0.717, 1.165) is 25.7 Å². The first kappa shape index (κ1) is 19.7. The summed E-state index contributed by atoms with van der Waals surface area (Å²) in [6, 6.07) is 0.